The molecule has 0 aliphatic carbocycles. The fourth-order valence-electron chi connectivity index (χ4n) is 1.32. The monoisotopic (exact) mass is 183 g/mol. The maximum atomic E-state index is 13.2. The Morgan fingerprint density at radius 3 is 2.54 bits per heavy atom. The summed E-state index contributed by atoms with van der Waals surface area (Å²) in [5, 5.41) is 9.35. The van der Waals surface area contributed by atoms with Crippen LogP contribution in [0.3, 0.4) is 0 Å². The van der Waals surface area contributed by atoms with E-state index in [9.17, 15) is 9.50 Å². The van der Waals surface area contributed by atoms with Crippen LogP contribution in [0.15, 0.2) is 24.3 Å². The number of aliphatic hydroxyl groups is 1. The second-order valence-corrected chi connectivity index (χ2v) is 2.87. The first kappa shape index (κ1) is 9.99. The van der Waals surface area contributed by atoms with E-state index in [0.717, 1.165) is 0 Å². The summed E-state index contributed by atoms with van der Waals surface area (Å²) in [6.07, 6.45) is -0.665. The molecule has 72 valence electrons. The van der Waals surface area contributed by atoms with Gasteiger partial charge in [0.25, 0.3) is 0 Å². The van der Waals surface area contributed by atoms with Gasteiger partial charge in [-0.05, 0) is 26.0 Å². The lowest BCUT2D eigenvalue weighted by atomic mass is 10.2. The predicted molar refractivity (Wildman–Crippen MR) is 51.1 cm³/mol. The van der Waals surface area contributed by atoms with Gasteiger partial charge in [0.1, 0.15) is 12.0 Å². The van der Waals surface area contributed by atoms with E-state index in [1.807, 2.05) is 6.92 Å². The highest BCUT2D eigenvalue weighted by atomic mass is 19.1. The Labute approximate surface area is 77.6 Å². The molecule has 1 unspecified atom stereocenters. The van der Waals surface area contributed by atoms with Gasteiger partial charge in [-0.25, -0.2) is 4.39 Å². The van der Waals surface area contributed by atoms with E-state index in [4.69, 9.17) is 0 Å². The normalized spacial score (nSPS) is 12.6. The molecular formula is C10H14FNO. The fourth-order valence-corrected chi connectivity index (χ4v) is 1.32. The Morgan fingerprint density at radius 2 is 2.08 bits per heavy atom. The molecule has 0 heterocycles. The van der Waals surface area contributed by atoms with Crippen molar-refractivity contribution in [3.63, 3.8) is 0 Å². The number of para-hydroxylation sites is 1. The van der Waals surface area contributed by atoms with E-state index in [-0.39, 0.29) is 5.82 Å². The van der Waals surface area contributed by atoms with Crippen LogP contribution in [0.4, 0.5) is 10.1 Å². The average molecular weight is 183 g/mol. The molecule has 1 rings (SSSR count). The third kappa shape index (κ3) is 2.18. The zero-order valence-corrected chi connectivity index (χ0v) is 7.87. The van der Waals surface area contributed by atoms with Crippen molar-refractivity contribution in [2.75, 3.05) is 11.4 Å². The Morgan fingerprint density at radius 1 is 1.46 bits per heavy atom. The van der Waals surface area contributed by atoms with Gasteiger partial charge >= 0.3 is 0 Å². The van der Waals surface area contributed by atoms with E-state index in [1.54, 1.807) is 30.0 Å². The van der Waals surface area contributed by atoms with Crippen molar-refractivity contribution in [1.29, 1.82) is 0 Å². The zero-order valence-electron chi connectivity index (χ0n) is 7.87. The zero-order chi connectivity index (χ0) is 9.84. The van der Waals surface area contributed by atoms with E-state index < -0.39 is 6.23 Å². The summed E-state index contributed by atoms with van der Waals surface area (Å²) in [4.78, 5) is 1.59. The minimum absolute atomic E-state index is 0.301. The molecule has 1 N–H and O–H groups in total. The summed E-state index contributed by atoms with van der Waals surface area (Å²) in [5.41, 5.74) is 0.444. The maximum absolute atomic E-state index is 13.2. The van der Waals surface area contributed by atoms with Gasteiger partial charge in [-0.15, -0.1) is 0 Å². The number of rotatable bonds is 3. The largest absolute Gasteiger partial charge is 0.374 e. The first-order chi connectivity index (χ1) is 6.16. The van der Waals surface area contributed by atoms with Gasteiger partial charge in [0.05, 0.1) is 5.69 Å². The van der Waals surface area contributed by atoms with Crippen LogP contribution in [0.2, 0.25) is 0 Å². The molecule has 3 heteroatoms. The van der Waals surface area contributed by atoms with E-state index >= 15 is 0 Å². The Kier molecular flexibility index (Phi) is 3.25. The Hall–Kier alpha value is -1.09. The van der Waals surface area contributed by atoms with Gasteiger partial charge in [-0.2, -0.15) is 0 Å². The molecule has 1 aromatic carbocycles. The smallest absolute Gasteiger partial charge is 0.146 e. The number of benzene rings is 1. The average Bonchev–Trinajstić information content (AvgIpc) is 2.09. The molecule has 0 amide bonds. The highest BCUT2D eigenvalue weighted by Crippen LogP contribution is 2.19. The molecule has 0 aromatic heterocycles. The standard InChI is InChI=1S/C10H14FNO/c1-3-12(8(2)13)10-7-5-4-6-9(10)11/h4-8,13H,3H2,1-2H3. The van der Waals surface area contributed by atoms with Crippen LogP contribution >= 0.6 is 0 Å². The van der Waals surface area contributed by atoms with Crippen molar-refractivity contribution >= 4 is 5.69 Å². The van der Waals surface area contributed by atoms with Crippen molar-refractivity contribution in [3.05, 3.63) is 30.1 Å². The van der Waals surface area contributed by atoms with Crippen LogP contribution in [0.25, 0.3) is 0 Å². The molecule has 13 heavy (non-hydrogen) atoms. The summed E-state index contributed by atoms with van der Waals surface area (Å²) >= 11 is 0. The number of hydrogen-bond donors (Lipinski definition) is 1. The molecule has 0 saturated carbocycles. The molecule has 2 nitrogen and oxygen atoms in total. The third-order valence-corrected chi connectivity index (χ3v) is 1.95. The molecule has 1 aromatic rings. The molecule has 1 atom stereocenters. The molecule has 0 saturated heterocycles. The van der Waals surface area contributed by atoms with Crippen molar-refractivity contribution in [3.8, 4) is 0 Å². The second kappa shape index (κ2) is 4.23. The van der Waals surface area contributed by atoms with Gasteiger partial charge in [-0.3, -0.25) is 0 Å². The summed E-state index contributed by atoms with van der Waals surface area (Å²) in [5.74, 6) is -0.301. The number of halogens is 1. The van der Waals surface area contributed by atoms with Gasteiger partial charge in [0.2, 0.25) is 0 Å². The van der Waals surface area contributed by atoms with Gasteiger partial charge in [0, 0.05) is 6.54 Å². The van der Waals surface area contributed by atoms with E-state index in [2.05, 4.69) is 0 Å². The van der Waals surface area contributed by atoms with E-state index in [1.165, 1.54) is 6.07 Å². The number of hydrogen-bond acceptors (Lipinski definition) is 2. The van der Waals surface area contributed by atoms with Crippen LogP contribution < -0.4 is 4.90 Å². The maximum Gasteiger partial charge on any atom is 0.146 e. The number of nitrogens with zero attached hydrogens (tertiary/aromatic N) is 1. The molecule has 0 bridgehead atoms. The predicted octanol–water partition coefficient (Wildman–Crippen LogP) is 1.99. The topological polar surface area (TPSA) is 23.5 Å². The van der Waals surface area contributed by atoms with Gasteiger partial charge < -0.3 is 10.0 Å². The molecule has 0 fully saturated rings. The lowest BCUT2D eigenvalue weighted by Gasteiger charge is -2.26. The first-order valence-corrected chi connectivity index (χ1v) is 4.36. The minimum Gasteiger partial charge on any atom is -0.374 e. The summed E-state index contributed by atoms with van der Waals surface area (Å²) in [6.45, 7) is 4.08. The molecule has 0 aliphatic heterocycles. The van der Waals surface area contributed by atoms with Crippen molar-refractivity contribution < 1.29 is 9.50 Å². The highest BCUT2D eigenvalue weighted by Gasteiger charge is 2.12. The summed E-state index contributed by atoms with van der Waals surface area (Å²) in [7, 11) is 0. The van der Waals surface area contributed by atoms with Crippen LogP contribution in [-0.4, -0.2) is 17.9 Å². The number of aliphatic hydroxyl groups excluding tert-OH is 1. The Bertz CT molecular complexity index is 275. The van der Waals surface area contributed by atoms with Crippen LogP contribution in [0, 0.1) is 5.82 Å². The van der Waals surface area contributed by atoms with Crippen LogP contribution in [0.1, 0.15) is 13.8 Å². The molecule has 0 spiro atoms. The molecule has 0 radical (unpaired) electrons. The van der Waals surface area contributed by atoms with Gasteiger partial charge in [0.15, 0.2) is 0 Å². The van der Waals surface area contributed by atoms with Crippen molar-refractivity contribution in [1.82, 2.24) is 0 Å². The summed E-state index contributed by atoms with van der Waals surface area (Å²) < 4.78 is 13.2. The minimum atomic E-state index is -0.665. The van der Waals surface area contributed by atoms with Crippen molar-refractivity contribution in [2.24, 2.45) is 0 Å². The quantitative estimate of drug-likeness (QED) is 0.724. The molecular weight excluding hydrogens is 169 g/mol. The third-order valence-electron chi connectivity index (χ3n) is 1.95. The fraction of sp³-hybridized carbons (Fsp3) is 0.400. The molecule has 0 aliphatic rings. The second-order valence-electron chi connectivity index (χ2n) is 2.87. The van der Waals surface area contributed by atoms with E-state index in [0.29, 0.717) is 12.2 Å². The lowest BCUT2D eigenvalue weighted by molar-refractivity contribution is 0.189. The van der Waals surface area contributed by atoms with Gasteiger partial charge in [-0.1, -0.05) is 12.1 Å². The Balaban J connectivity index is 2.97. The van der Waals surface area contributed by atoms with Crippen molar-refractivity contribution in [2.45, 2.75) is 20.1 Å². The first-order valence-electron chi connectivity index (χ1n) is 4.36. The summed E-state index contributed by atoms with van der Waals surface area (Å²) in [6, 6.07) is 6.43. The lowest BCUT2D eigenvalue weighted by Crippen LogP contribution is -2.33. The SMILES string of the molecule is CCN(c1ccccc1F)C(C)O. The highest BCUT2D eigenvalue weighted by molar-refractivity contribution is 5.47. The van der Waals surface area contributed by atoms with Crippen LogP contribution in [-0.2, 0) is 0 Å². The van der Waals surface area contributed by atoms with Crippen LogP contribution in [0.5, 0.6) is 0 Å². The number of anilines is 1.